The summed E-state index contributed by atoms with van der Waals surface area (Å²) in [6, 6.07) is 9.29. The van der Waals surface area contributed by atoms with Gasteiger partial charge in [0.1, 0.15) is 16.9 Å². The summed E-state index contributed by atoms with van der Waals surface area (Å²) in [5.74, 6) is 0.904. The van der Waals surface area contributed by atoms with Gasteiger partial charge >= 0.3 is 0 Å². The minimum absolute atomic E-state index is 0.0412. The third-order valence-corrected chi connectivity index (χ3v) is 4.38. The number of carbonyl (C=O) groups excluding carboxylic acids is 1. The van der Waals surface area contributed by atoms with Crippen LogP contribution in [0.3, 0.4) is 0 Å². The zero-order valence-corrected chi connectivity index (χ0v) is 15.3. The molecule has 1 unspecified atom stereocenters. The third kappa shape index (κ3) is 4.65. The Kier molecular flexibility index (Phi) is 6.30. The minimum Gasteiger partial charge on any atom is -0.496 e. The molecule has 6 nitrogen and oxygen atoms in total. The molecular formula is C19H21ClN2O4. The second-order valence-electron chi connectivity index (χ2n) is 5.93. The Bertz CT molecular complexity index is 763. The van der Waals surface area contributed by atoms with Crippen molar-refractivity contribution in [1.82, 2.24) is 10.3 Å². The maximum atomic E-state index is 12.3. The van der Waals surface area contributed by atoms with Crippen LogP contribution in [0.2, 0.25) is 5.02 Å². The van der Waals surface area contributed by atoms with Crippen LogP contribution in [0.5, 0.6) is 11.6 Å². The molecule has 1 saturated heterocycles. The molecule has 1 N–H and O–H groups in total. The number of carbonyl (C=O) groups is 1. The van der Waals surface area contributed by atoms with Crippen molar-refractivity contribution < 1.29 is 19.0 Å². The van der Waals surface area contributed by atoms with E-state index in [1.54, 1.807) is 13.2 Å². The lowest BCUT2D eigenvalue weighted by Gasteiger charge is -2.13. The van der Waals surface area contributed by atoms with Gasteiger partial charge in [0, 0.05) is 19.2 Å². The van der Waals surface area contributed by atoms with Crippen LogP contribution < -0.4 is 14.8 Å². The highest BCUT2D eigenvalue weighted by atomic mass is 35.5. The van der Waals surface area contributed by atoms with Gasteiger partial charge in [0.25, 0.3) is 5.91 Å². The van der Waals surface area contributed by atoms with Crippen LogP contribution in [-0.4, -0.2) is 43.9 Å². The largest absolute Gasteiger partial charge is 0.496 e. The fourth-order valence-electron chi connectivity index (χ4n) is 2.72. The fourth-order valence-corrected chi connectivity index (χ4v) is 2.93. The summed E-state index contributed by atoms with van der Waals surface area (Å²) in [7, 11) is 1.63. The Morgan fingerprint density at radius 3 is 3.00 bits per heavy atom. The molecule has 0 bridgehead atoms. The number of hydrogen-bond acceptors (Lipinski definition) is 5. The van der Waals surface area contributed by atoms with Crippen LogP contribution in [0.15, 0.2) is 36.5 Å². The van der Waals surface area contributed by atoms with Crippen molar-refractivity contribution in [3.8, 4) is 11.6 Å². The predicted octanol–water partition coefficient (Wildman–Crippen LogP) is 2.88. The van der Waals surface area contributed by atoms with Gasteiger partial charge in [-0.1, -0.05) is 29.8 Å². The Labute approximate surface area is 157 Å². The van der Waals surface area contributed by atoms with E-state index in [0.29, 0.717) is 42.6 Å². The van der Waals surface area contributed by atoms with Gasteiger partial charge in [0.05, 0.1) is 25.9 Å². The number of rotatable bonds is 7. The minimum atomic E-state index is -0.231. The van der Waals surface area contributed by atoms with E-state index in [0.717, 1.165) is 17.7 Å². The topological polar surface area (TPSA) is 69.7 Å². The van der Waals surface area contributed by atoms with Gasteiger partial charge < -0.3 is 19.5 Å². The second-order valence-corrected chi connectivity index (χ2v) is 6.34. The summed E-state index contributed by atoms with van der Waals surface area (Å²) in [6.07, 6.45) is 2.90. The van der Waals surface area contributed by atoms with Gasteiger partial charge in [-0.3, -0.25) is 4.79 Å². The molecule has 1 atom stereocenters. The van der Waals surface area contributed by atoms with Gasteiger partial charge in [0.2, 0.25) is 5.88 Å². The molecule has 3 rings (SSSR count). The van der Waals surface area contributed by atoms with Gasteiger partial charge in [-0.05, 0) is 24.1 Å². The highest BCUT2D eigenvalue weighted by Crippen LogP contribution is 2.25. The molecule has 2 heterocycles. The van der Waals surface area contributed by atoms with Crippen LogP contribution >= 0.6 is 11.6 Å². The van der Waals surface area contributed by atoms with Crippen molar-refractivity contribution in [3.05, 3.63) is 52.7 Å². The lowest BCUT2D eigenvalue weighted by molar-refractivity contribution is 0.0953. The number of methoxy groups -OCH3 is 1. The van der Waals surface area contributed by atoms with Crippen LogP contribution in [0.25, 0.3) is 0 Å². The zero-order valence-electron chi connectivity index (χ0n) is 14.5. The van der Waals surface area contributed by atoms with Crippen molar-refractivity contribution in [3.63, 3.8) is 0 Å². The second kappa shape index (κ2) is 8.87. The SMILES string of the molecule is COc1ccccc1CCNC(=O)c1cnc(OC2CCOC2)c(Cl)c1. The Morgan fingerprint density at radius 2 is 2.27 bits per heavy atom. The summed E-state index contributed by atoms with van der Waals surface area (Å²) in [6.45, 7) is 1.69. The average Bonchev–Trinajstić information content (AvgIpc) is 3.17. The number of benzene rings is 1. The van der Waals surface area contributed by atoms with Crippen LogP contribution in [-0.2, 0) is 11.2 Å². The van der Waals surface area contributed by atoms with Gasteiger partial charge in [0.15, 0.2) is 0 Å². The molecule has 26 heavy (non-hydrogen) atoms. The van der Waals surface area contributed by atoms with E-state index >= 15 is 0 Å². The number of pyridine rings is 1. The molecule has 0 radical (unpaired) electrons. The molecule has 138 valence electrons. The van der Waals surface area contributed by atoms with E-state index in [-0.39, 0.29) is 12.0 Å². The Balaban J connectivity index is 1.55. The predicted molar refractivity (Wildman–Crippen MR) is 98.1 cm³/mol. The summed E-state index contributed by atoms with van der Waals surface area (Å²) in [5, 5.41) is 3.18. The monoisotopic (exact) mass is 376 g/mol. The normalized spacial score (nSPS) is 16.3. The zero-order chi connectivity index (χ0) is 18.4. The summed E-state index contributed by atoms with van der Waals surface area (Å²) < 4.78 is 16.3. The van der Waals surface area contributed by atoms with Crippen molar-refractivity contribution in [1.29, 1.82) is 0 Å². The van der Waals surface area contributed by atoms with E-state index in [1.807, 2.05) is 24.3 Å². The molecule has 0 saturated carbocycles. The van der Waals surface area contributed by atoms with Crippen LogP contribution in [0.4, 0.5) is 0 Å². The maximum absolute atomic E-state index is 12.3. The first-order valence-electron chi connectivity index (χ1n) is 8.47. The number of nitrogens with zero attached hydrogens (tertiary/aromatic N) is 1. The summed E-state index contributed by atoms with van der Waals surface area (Å²) >= 11 is 6.20. The number of ether oxygens (including phenoxy) is 3. The molecular weight excluding hydrogens is 356 g/mol. The Morgan fingerprint density at radius 1 is 1.42 bits per heavy atom. The van der Waals surface area contributed by atoms with Crippen molar-refractivity contribution in [2.45, 2.75) is 18.9 Å². The maximum Gasteiger partial charge on any atom is 0.252 e. The molecule has 1 aliphatic rings. The highest BCUT2D eigenvalue weighted by molar-refractivity contribution is 6.32. The number of aromatic nitrogens is 1. The molecule has 7 heteroatoms. The molecule has 0 aliphatic carbocycles. The summed E-state index contributed by atoms with van der Waals surface area (Å²) in [4.78, 5) is 16.5. The number of amides is 1. The molecule has 2 aromatic rings. The quantitative estimate of drug-likeness (QED) is 0.804. The van der Waals surface area contributed by atoms with Gasteiger partial charge in [-0.2, -0.15) is 0 Å². The number of halogens is 1. The molecule has 0 spiro atoms. The standard InChI is InChI=1S/C19H21ClN2O4/c1-24-17-5-3-2-4-13(17)6-8-21-18(23)14-10-16(20)19(22-11-14)26-15-7-9-25-12-15/h2-5,10-11,15H,6-9,12H2,1H3,(H,21,23). The van der Waals surface area contributed by atoms with E-state index in [9.17, 15) is 4.79 Å². The number of hydrogen-bond donors (Lipinski definition) is 1. The molecule has 1 aromatic carbocycles. The Hall–Kier alpha value is -2.31. The van der Waals surface area contributed by atoms with E-state index in [2.05, 4.69) is 10.3 Å². The summed E-state index contributed by atoms with van der Waals surface area (Å²) in [5.41, 5.74) is 1.43. The first-order chi connectivity index (χ1) is 12.7. The van der Waals surface area contributed by atoms with Crippen LogP contribution in [0.1, 0.15) is 22.3 Å². The van der Waals surface area contributed by atoms with E-state index in [4.69, 9.17) is 25.8 Å². The van der Waals surface area contributed by atoms with Crippen molar-refractivity contribution in [2.24, 2.45) is 0 Å². The molecule has 1 aromatic heterocycles. The highest BCUT2D eigenvalue weighted by Gasteiger charge is 2.20. The number of para-hydroxylation sites is 1. The van der Waals surface area contributed by atoms with E-state index in [1.165, 1.54) is 6.20 Å². The first-order valence-corrected chi connectivity index (χ1v) is 8.85. The van der Waals surface area contributed by atoms with Crippen LogP contribution in [0, 0.1) is 0 Å². The van der Waals surface area contributed by atoms with E-state index < -0.39 is 0 Å². The van der Waals surface area contributed by atoms with Crippen molar-refractivity contribution in [2.75, 3.05) is 26.9 Å². The van der Waals surface area contributed by atoms with Gasteiger partial charge in [-0.25, -0.2) is 4.98 Å². The molecule has 1 amide bonds. The lowest BCUT2D eigenvalue weighted by atomic mass is 10.1. The molecule has 1 aliphatic heterocycles. The average molecular weight is 377 g/mol. The third-order valence-electron chi connectivity index (χ3n) is 4.11. The first kappa shape index (κ1) is 18.5. The lowest BCUT2D eigenvalue weighted by Crippen LogP contribution is -2.26. The fraction of sp³-hybridized carbons (Fsp3) is 0.368. The molecule has 1 fully saturated rings. The van der Waals surface area contributed by atoms with Gasteiger partial charge in [-0.15, -0.1) is 0 Å². The smallest absolute Gasteiger partial charge is 0.252 e. The number of nitrogens with one attached hydrogen (secondary N) is 1. The van der Waals surface area contributed by atoms with Crippen molar-refractivity contribution >= 4 is 17.5 Å².